The average Bonchev–Trinajstić information content (AvgIpc) is 2.91. The molecule has 0 bridgehead atoms. The molecule has 0 saturated carbocycles. The molecule has 5 nitrogen and oxygen atoms in total. The summed E-state index contributed by atoms with van der Waals surface area (Å²) < 4.78 is 25.1. The lowest BCUT2D eigenvalue weighted by molar-refractivity contribution is 0.0766. The molecule has 0 atom stereocenters. The van der Waals surface area contributed by atoms with Gasteiger partial charge in [0.05, 0.1) is 10.6 Å². The van der Waals surface area contributed by atoms with Gasteiger partial charge < -0.3 is 10.2 Å². The van der Waals surface area contributed by atoms with Gasteiger partial charge in [-0.3, -0.25) is 4.79 Å². The SMILES string of the molecule is Cl.O=C(c1ccc(S(=O)(=O)Cc2ccccc2)cc1)N1CCCNCC1. The highest BCUT2D eigenvalue weighted by molar-refractivity contribution is 7.90. The highest BCUT2D eigenvalue weighted by Gasteiger charge is 2.19. The van der Waals surface area contributed by atoms with Crippen LogP contribution in [0.1, 0.15) is 22.3 Å². The van der Waals surface area contributed by atoms with Crippen LogP contribution in [-0.4, -0.2) is 45.4 Å². The molecule has 0 aliphatic carbocycles. The third kappa shape index (κ3) is 5.06. The summed E-state index contributed by atoms with van der Waals surface area (Å²) in [6, 6.07) is 15.4. The average molecular weight is 395 g/mol. The van der Waals surface area contributed by atoms with Crippen LogP contribution in [0.15, 0.2) is 59.5 Å². The Balaban J connectivity index is 0.00000243. The van der Waals surface area contributed by atoms with E-state index in [0.29, 0.717) is 12.1 Å². The maximum atomic E-state index is 12.6. The summed E-state index contributed by atoms with van der Waals surface area (Å²) in [5.41, 5.74) is 1.28. The minimum atomic E-state index is -3.42. The first kappa shape index (κ1) is 20.4. The second kappa shape index (κ2) is 9.16. The summed E-state index contributed by atoms with van der Waals surface area (Å²) >= 11 is 0. The molecular weight excluding hydrogens is 372 g/mol. The van der Waals surface area contributed by atoms with E-state index in [9.17, 15) is 13.2 Å². The molecule has 1 saturated heterocycles. The molecular formula is C19H23ClN2O3S. The van der Waals surface area contributed by atoms with Gasteiger partial charge in [-0.05, 0) is 42.8 Å². The van der Waals surface area contributed by atoms with Gasteiger partial charge in [0.1, 0.15) is 0 Å². The predicted molar refractivity (Wildman–Crippen MR) is 104 cm³/mol. The Morgan fingerprint density at radius 2 is 1.65 bits per heavy atom. The number of carbonyl (C=O) groups excluding carboxylic acids is 1. The molecule has 2 aromatic rings. The minimum Gasteiger partial charge on any atom is -0.337 e. The third-order valence-electron chi connectivity index (χ3n) is 4.29. The number of amides is 1. The fourth-order valence-electron chi connectivity index (χ4n) is 2.91. The summed E-state index contributed by atoms with van der Waals surface area (Å²) in [7, 11) is -3.42. The molecule has 2 aromatic carbocycles. The van der Waals surface area contributed by atoms with Gasteiger partial charge in [0, 0.05) is 25.2 Å². The molecule has 1 amide bonds. The van der Waals surface area contributed by atoms with E-state index in [0.717, 1.165) is 31.6 Å². The Hall–Kier alpha value is -1.89. The van der Waals surface area contributed by atoms with Crippen LogP contribution in [-0.2, 0) is 15.6 Å². The number of hydrogen-bond acceptors (Lipinski definition) is 4. The first-order valence-corrected chi connectivity index (χ1v) is 10.1. The first-order valence-electron chi connectivity index (χ1n) is 8.43. The lowest BCUT2D eigenvalue weighted by atomic mass is 10.2. The topological polar surface area (TPSA) is 66.5 Å². The van der Waals surface area contributed by atoms with E-state index in [1.54, 1.807) is 24.3 Å². The lowest BCUT2D eigenvalue weighted by Crippen LogP contribution is -2.34. The molecule has 140 valence electrons. The number of halogens is 1. The summed E-state index contributed by atoms with van der Waals surface area (Å²) in [6.07, 6.45) is 0.926. The van der Waals surface area contributed by atoms with Crippen molar-refractivity contribution in [3.05, 3.63) is 65.7 Å². The number of benzene rings is 2. The maximum absolute atomic E-state index is 12.6. The molecule has 0 unspecified atom stereocenters. The normalized spacial score (nSPS) is 15.0. The van der Waals surface area contributed by atoms with Crippen LogP contribution in [0.2, 0.25) is 0 Å². The Labute approximate surface area is 160 Å². The number of hydrogen-bond donors (Lipinski definition) is 1. The van der Waals surface area contributed by atoms with Gasteiger partial charge in [-0.2, -0.15) is 0 Å². The smallest absolute Gasteiger partial charge is 0.253 e. The van der Waals surface area contributed by atoms with E-state index in [4.69, 9.17) is 0 Å². The van der Waals surface area contributed by atoms with E-state index in [-0.39, 0.29) is 29.0 Å². The fraction of sp³-hybridized carbons (Fsp3) is 0.316. The van der Waals surface area contributed by atoms with E-state index >= 15 is 0 Å². The zero-order valence-corrected chi connectivity index (χ0v) is 16.1. The van der Waals surface area contributed by atoms with E-state index in [1.165, 1.54) is 12.1 Å². The van der Waals surface area contributed by atoms with Crippen LogP contribution in [0.4, 0.5) is 0 Å². The zero-order chi connectivity index (χ0) is 17.7. The molecule has 1 aliphatic heterocycles. The number of carbonyl (C=O) groups is 1. The van der Waals surface area contributed by atoms with Crippen LogP contribution in [0, 0.1) is 0 Å². The van der Waals surface area contributed by atoms with Gasteiger partial charge in [-0.15, -0.1) is 12.4 Å². The van der Waals surface area contributed by atoms with Crippen molar-refractivity contribution in [2.45, 2.75) is 17.1 Å². The molecule has 1 N–H and O–H groups in total. The van der Waals surface area contributed by atoms with Crippen molar-refractivity contribution in [1.82, 2.24) is 10.2 Å². The molecule has 7 heteroatoms. The van der Waals surface area contributed by atoms with E-state index in [1.807, 2.05) is 23.1 Å². The molecule has 3 rings (SSSR count). The van der Waals surface area contributed by atoms with Crippen molar-refractivity contribution in [2.75, 3.05) is 26.2 Å². The number of rotatable bonds is 4. The Morgan fingerprint density at radius 3 is 2.35 bits per heavy atom. The number of nitrogens with one attached hydrogen (secondary N) is 1. The van der Waals surface area contributed by atoms with Crippen LogP contribution >= 0.6 is 12.4 Å². The van der Waals surface area contributed by atoms with Gasteiger partial charge in [-0.1, -0.05) is 30.3 Å². The number of nitrogens with zero attached hydrogens (tertiary/aromatic N) is 1. The van der Waals surface area contributed by atoms with E-state index < -0.39 is 9.84 Å². The summed E-state index contributed by atoms with van der Waals surface area (Å²) in [5.74, 6) is -0.0884. The van der Waals surface area contributed by atoms with Crippen molar-refractivity contribution in [2.24, 2.45) is 0 Å². The van der Waals surface area contributed by atoms with Gasteiger partial charge in [0.25, 0.3) is 5.91 Å². The molecule has 0 radical (unpaired) electrons. The van der Waals surface area contributed by atoms with Gasteiger partial charge in [0.15, 0.2) is 9.84 Å². The Kier molecular flexibility index (Phi) is 7.20. The van der Waals surface area contributed by atoms with Crippen LogP contribution in [0.3, 0.4) is 0 Å². The highest BCUT2D eigenvalue weighted by atomic mass is 35.5. The molecule has 0 aromatic heterocycles. The summed E-state index contributed by atoms with van der Waals surface area (Å²) in [6.45, 7) is 3.10. The molecule has 0 spiro atoms. The number of sulfone groups is 1. The van der Waals surface area contributed by atoms with Gasteiger partial charge >= 0.3 is 0 Å². The molecule has 1 heterocycles. The molecule has 1 fully saturated rings. The predicted octanol–water partition coefficient (Wildman–Crippen LogP) is 2.52. The second-order valence-corrected chi connectivity index (χ2v) is 8.15. The highest BCUT2D eigenvalue weighted by Crippen LogP contribution is 2.18. The van der Waals surface area contributed by atoms with Gasteiger partial charge in [-0.25, -0.2) is 8.42 Å². The van der Waals surface area contributed by atoms with Crippen molar-refractivity contribution >= 4 is 28.2 Å². The van der Waals surface area contributed by atoms with Crippen LogP contribution in [0.25, 0.3) is 0 Å². The molecule has 1 aliphatic rings. The quantitative estimate of drug-likeness (QED) is 0.865. The second-order valence-electron chi connectivity index (χ2n) is 6.16. The minimum absolute atomic E-state index is 0. The Bertz CT molecular complexity index is 816. The van der Waals surface area contributed by atoms with Crippen molar-refractivity contribution < 1.29 is 13.2 Å². The first-order chi connectivity index (χ1) is 12.1. The monoisotopic (exact) mass is 394 g/mol. The van der Waals surface area contributed by atoms with E-state index in [2.05, 4.69) is 5.32 Å². The van der Waals surface area contributed by atoms with Gasteiger partial charge in [0.2, 0.25) is 0 Å². The third-order valence-corrected chi connectivity index (χ3v) is 5.99. The van der Waals surface area contributed by atoms with Crippen molar-refractivity contribution in [3.8, 4) is 0 Å². The summed E-state index contributed by atoms with van der Waals surface area (Å²) in [5, 5.41) is 3.26. The lowest BCUT2D eigenvalue weighted by Gasteiger charge is -2.20. The Morgan fingerprint density at radius 1 is 0.962 bits per heavy atom. The van der Waals surface area contributed by atoms with Crippen LogP contribution in [0.5, 0.6) is 0 Å². The maximum Gasteiger partial charge on any atom is 0.253 e. The molecule has 26 heavy (non-hydrogen) atoms. The standard InChI is InChI=1S/C19H22N2O3S.ClH/c22-19(21-13-4-11-20-12-14-21)17-7-9-18(10-8-17)25(23,24)15-16-5-2-1-3-6-16;/h1-3,5-10,20H,4,11-15H2;1H. The van der Waals surface area contributed by atoms with Crippen molar-refractivity contribution in [3.63, 3.8) is 0 Å². The zero-order valence-electron chi connectivity index (χ0n) is 14.4. The summed E-state index contributed by atoms with van der Waals surface area (Å²) in [4.78, 5) is 14.6. The van der Waals surface area contributed by atoms with Crippen molar-refractivity contribution in [1.29, 1.82) is 0 Å². The van der Waals surface area contributed by atoms with Crippen LogP contribution < -0.4 is 5.32 Å². The largest absolute Gasteiger partial charge is 0.337 e. The fourth-order valence-corrected chi connectivity index (χ4v) is 4.26.